The Hall–Kier alpha value is -3.52. The molecular weight excluding hydrogens is 452 g/mol. The predicted octanol–water partition coefficient (Wildman–Crippen LogP) is 4.09. The van der Waals surface area contributed by atoms with Gasteiger partial charge in [0.2, 0.25) is 5.91 Å². The molecule has 0 aliphatic heterocycles. The highest BCUT2D eigenvalue weighted by Crippen LogP contribution is 2.26. The Morgan fingerprint density at radius 2 is 1.56 bits per heavy atom. The van der Waals surface area contributed by atoms with E-state index in [4.69, 9.17) is 9.47 Å². The van der Waals surface area contributed by atoms with Gasteiger partial charge in [-0.1, -0.05) is 35.9 Å². The molecule has 1 atom stereocenters. The Morgan fingerprint density at radius 3 is 2.18 bits per heavy atom. The van der Waals surface area contributed by atoms with Crippen LogP contribution in [0.1, 0.15) is 18.1 Å². The topological polar surface area (TPSA) is 84.9 Å². The number of ether oxygens (including phenoxy) is 2. The number of benzene rings is 3. The Morgan fingerprint density at radius 1 is 0.941 bits per heavy atom. The van der Waals surface area contributed by atoms with Crippen molar-refractivity contribution in [3.8, 4) is 11.5 Å². The molecule has 34 heavy (non-hydrogen) atoms. The Kier molecular flexibility index (Phi) is 8.17. The summed E-state index contributed by atoms with van der Waals surface area (Å²) in [6.07, 6.45) is 0. The summed E-state index contributed by atoms with van der Waals surface area (Å²) in [6, 6.07) is 20.5. The minimum absolute atomic E-state index is 0.130. The van der Waals surface area contributed by atoms with E-state index in [9.17, 15) is 13.2 Å². The summed E-state index contributed by atoms with van der Waals surface area (Å²) in [5.74, 6) is 0.940. The quantitative estimate of drug-likeness (QED) is 0.471. The number of hydrogen-bond donors (Lipinski definition) is 1. The van der Waals surface area contributed by atoms with Crippen molar-refractivity contribution in [2.45, 2.75) is 31.7 Å². The molecule has 8 heteroatoms. The number of rotatable bonds is 10. The first-order valence-electron chi connectivity index (χ1n) is 10.9. The van der Waals surface area contributed by atoms with Gasteiger partial charge < -0.3 is 14.8 Å². The maximum absolute atomic E-state index is 13.5. The lowest BCUT2D eigenvalue weighted by Crippen LogP contribution is -2.45. The number of amides is 1. The Balaban J connectivity index is 1.73. The van der Waals surface area contributed by atoms with E-state index < -0.39 is 15.9 Å². The van der Waals surface area contributed by atoms with Crippen LogP contribution in [0, 0.1) is 13.8 Å². The smallest absolute Gasteiger partial charge is 0.264 e. The van der Waals surface area contributed by atoms with E-state index >= 15 is 0 Å². The number of nitrogens with one attached hydrogen (secondary N) is 1. The van der Waals surface area contributed by atoms with Crippen LogP contribution in [0.5, 0.6) is 11.5 Å². The van der Waals surface area contributed by atoms with Crippen LogP contribution in [0.2, 0.25) is 0 Å². The summed E-state index contributed by atoms with van der Waals surface area (Å²) < 4.78 is 39.0. The second-order valence-electron chi connectivity index (χ2n) is 8.07. The lowest BCUT2D eigenvalue weighted by molar-refractivity contribution is -0.120. The van der Waals surface area contributed by atoms with Crippen molar-refractivity contribution in [3.05, 3.63) is 83.9 Å². The van der Waals surface area contributed by atoms with Crippen LogP contribution in [0.4, 0.5) is 5.69 Å². The summed E-state index contributed by atoms with van der Waals surface area (Å²) in [6.45, 7) is 5.38. The molecule has 3 rings (SSSR count). The van der Waals surface area contributed by atoms with Crippen LogP contribution in [0.25, 0.3) is 0 Å². The van der Waals surface area contributed by atoms with Crippen molar-refractivity contribution in [3.63, 3.8) is 0 Å². The molecule has 0 saturated heterocycles. The maximum atomic E-state index is 13.5. The molecule has 1 unspecified atom stereocenters. The average molecular weight is 483 g/mol. The Bertz CT molecular complexity index is 1210. The van der Waals surface area contributed by atoms with E-state index in [0.29, 0.717) is 11.4 Å². The molecule has 0 saturated carbocycles. The van der Waals surface area contributed by atoms with Gasteiger partial charge in [-0.05, 0) is 68.8 Å². The molecule has 1 N–H and O–H groups in total. The van der Waals surface area contributed by atoms with E-state index in [2.05, 4.69) is 5.32 Å². The molecule has 7 nitrogen and oxygen atoms in total. The summed E-state index contributed by atoms with van der Waals surface area (Å²) in [4.78, 5) is 13.0. The second-order valence-corrected chi connectivity index (χ2v) is 9.93. The van der Waals surface area contributed by atoms with Crippen molar-refractivity contribution < 1.29 is 22.7 Å². The van der Waals surface area contributed by atoms with Crippen LogP contribution in [-0.4, -0.2) is 40.6 Å². The zero-order chi connectivity index (χ0) is 24.7. The highest BCUT2D eigenvalue weighted by atomic mass is 32.2. The molecule has 0 aliphatic rings. The number of hydrogen-bond acceptors (Lipinski definition) is 5. The zero-order valence-electron chi connectivity index (χ0n) is 19.8. The van der Waals surface area contributed by atoms with Crippen molar-refractivity contribution in [1.82, 2.24) is 5.32 Å². The second kappa shape index (κ2) is 11.1. The number of aryl methyl sites for hydroxylation is 2. The van der Waals surface area contributed by atoms with E-state index in [1.54, 1.807) is 74.7 Å². The SMILES string of the molecule is COc1ccc(OCC(C)NC(=O)CN(c2ccccc2C)S(=O)(=O)c2ccc(C)cc2)cc1. The van der Waals surface area contributed by atoms with E-state index in [-0.39, 0.29) is 24.1 Å². The van der Waals surface area contributed by atoms with E-state index in [0.717, 1.165) is 21.2 Å². The van der Waals surface area contributed by atoms with Crippen molar-refractivity contribution in [2.75, 3.05) is 24.6 Å². The maximum Gasteiger partial charge on any atom is 0.264 e. The number of para-hydroxylation sites is 1. The standard InChI is InChI=1S/C26H30N2O5S/c1-19-9-15-24(16-10-19)34(30,31)28(25-8-6-5-7-20(25)2)17-26(29)27-21(3)18-33-23-13-11-22(32-4)12-14-23/h5-16,21H,17-18H2,1-4H3,(H,27,29). The van der Waals surface area contributed by atoms with Gasteiger partial charge in [-0.25, -0.2) is 8.42 Å². The van der Waals surface area contributed by atoms with Gasteiger partial charge in [0.15, 0.2) is 0 Å². The summed E-state index contributed by atoms with van der Waals surface area (Å²) >= 11 is 0. The zero-order valence-corrected chi connectivity index (χ0v) is 20.6. The number of nitrogens with zero attached hydrogens (tertiary/aromatic N) is 1. The van der Waals surface area contributed by atoms with E-state index in [1.165, 1.54) is 0 Å². The van der Waals surface area contributed by atoms with Gasteiger partial charge in [0.05, 0.1) is 23.7 Å². The van der Waals surface area contributed by atoms with Gasteiger partial charge in [0.1, 0.15) is 24.7 Å². The molecule has 1 amide bonds. The third kappa shape index (κ3) is 6.29. The molecule has 0 spiro atoms. The number of carbonyl (C=O) groups excluding carboxylic acids is 1. The highest BCUT2D eigenvalue weighted by Gasteiger charge is 2.28. The molecule has 3 aromatic carbocycles. The van der Waals surface area contributed by atoms with Crippen molar-refractivity contribution in [2.24, 2.45) is 0 Å². The van der Waals surface area contributed by atoms with Gasteiger partial charge in [-0.3, -0.25) is 9.10 Å². The molecule has 0 fully saturated rings. The minimum Gasteiger partial charge on any atom is -0.497 e. The summed E-state index contributed by atoms with van der Waals surface area (Å²) in [7, 11) is -2.37. The van der Waals surface area contributed by atoms with Crippen LogP contribution in [-0.2, 0) is 14.8 Å². The van der Waals surface area contributed by atoms with Gasteiger partial charge in [0, 0.05) is 0 Å². The number of methoxy groups -OCH3 is 1. The molecule has 0 radical (unpaired) electrons. The molecular formula is C26H30N2O5S. The molecule has 3 aromatic rings. The third-order valence-corrected chi connectivity index (χ3v) is 7.02. The van der Waals surface area contributed by atoms with Gasteiger partial charge in [-0.2, -0.15) is 0 Å². The van der Waals surface area contributed by atoms with Crippen LogP contribution in [0.15, 0.2) is 77.7 Å². The van der Waals surface area contributed by atoms with Crippen molar-refractivity contribution in [1.29, 1.82) is 0 Å². The number of carbonyl (C=O) groups is 1. The predicted molar refractivity (Wildman–Crippen MR) is 133 cm³/mol. The highest BCUT2D eigenvalue weighted by molar-refractivity contribution is 7.92. The fourth-order valence-corrected chi connectivity index (χ4v) is 4.85. The van der Waals surface area contributed by atoms with Crippen molar-refractivity contribution >= 4 is 21.6 Å². The van der Waals surface area contributed by atoms with Crippen LogP contribution in [0.3, 0.4) is 0 Å². The van der Waals surface area contributed by atoms with Crippen LogP contribution < -0.4 is 19.1 Å². The normalized spacial score (nSPS) is 12.0. The minimum atomic E-state index is -3.96. The Labute approximate surface area is 201 Å². The molecule has 0 aromatic heterocycles. The van der Waals surface area contributed by atoms with Crippen LogP contribution >= 0.6 is 0 Å². The third-order valence-electron chi connectivity index (χ3n) is 5.25. The van der Waals surface area contributed by atoms with Gasteiger partial charge in [0.25, 0.3) is 10.0 Å². The summed E-state index contributed by atoms with van der Waals surface area (Å²) in [5, 5.41) is 2.83. The fourth-order valence-electron chi connectivity index (χ4n) is 3.37. The number of sulfonamides is 1. The molecule has 180 valence electrons. The lowest BCUT2D eigenvalue weighted by atomic mass is 10.2. The van der Waals surface area contributed by atoms with Gasteiger partial charge >= 0.3 is 0 Å². The first-order chi connectivity index (χ1) is 16.2. The lowest BCUT2D eigenvalue weighted by Gasteiger charge is -2.26. The largest absolute Gasteiger partial charge is 0.497 e. The molecule has 0 bridgehead atoms. The molecule has 0 heterocycles. The first-order valence-corrected chi connectivity index (χ1v) is 12.4. The van der Waals surface area contributed by atoms with E-state index in [1.807, 2.05) is 26.0 Å². The fraction of sp³-hybridized carbons (Fsp3) is 0.269. The molecule has 0 aliphatic carbocycles. The monoisotopic (exact) mass is 482 g/mol. The van der Waals surface area contributed by atoms with Gasteiger partial charge in [-0.15, -0.1) is 0 Å². The summed E-state index contributed by atoms with van der Waals surface area (Å²) in [5.41, 5.74) is 2.16. The average Bonchev–Trinajstić information content (AvgIpc) is 2.82. The number of anilines is 1. The first kappa shape index (κ1) is 25.1.